The van der Waals surface area contributed by atoms with Gasteiger partial charge in [0.2, 0.25) is 0 Å². The smallest absolute Gasteiger partial charge is 0.316 e. The van der Waals surface area contributed by atoms with E-state index in [4.69, 9.17) is 0 Å². The molecule has 24 heavy (non-hydrogen) atoms. The van der Waals surface area contributed by atoms with Gasteiger partial charge in [0.25, 0.3) is 0 Å². The largest absolute Gasteiger partial charge is 0.468 e. The summed E-state index contributed by atoms with van der Waals surface area (Å²) in [7, 11) is 1.38. The molecule has 0 amide bonds. The summed E-state index contributed by atoms with van der Waals surface area (Å²) in [4.78, 5) is 11.4. The topological polar surface area (TPSA) is 57.0 Å². The number of methoxy groups -OCH3 is 1. The first kappa shape index (κ1) is 16.5. The van der Waals surface area contributed by atoms with Crippen LogP contribution in [0.3, 0.4) is 0 Å². The van der Waals surface area contributed by atoms with Gasteiger partial charge in [-0.25, -0.2) is 0 Å². The quantitative estimate of drug-likeness (QED) is 0.522. The molecule has 0 saturated heterocycles. The van der Waals surface area contributed by atoms with E-state index in [1.165, 1.54) is 29.8 Å². The summed E-state index contributed by atoms with van der Waals surface area (Å²) in [6.45, 7) is 4.38. The van der Waals surface area contributed by atoms with Gasteiger partial charge in [0.1, 0.15) is 6.33 Å². The van der Waals surface area contributed by atoms with E-state index in [1.807, 2.05) is 10.6 Å². The summed E-state index contributed by atoms with van der Waals surface area (Å²) in [6.07, 6.45) is 1.68. The number of carbonyl (C=O) groups is 1. The van der Waals surface area contributed by atoms with Crippen LogP contribution in [-0.4, -0.2) is 33.6 Å². The predicted molar refractivity (Wildman–Crippen MR) is 95.7 cm³/mol. The Morgan fingerprint density at radius 2 is 1.96 bits per heavy atom. The van der Waals surface area contributed by atoms with Crippen LogP contribution in [0.2, 0.25) is 0 Å². The normalized spacial score (nSPS) is 11.2. The van der Waals surface area contributed by atoms with Crippen LogP contribution in [0.1, 0.15) is 25.3 Å². The third kappa shape index (κ3) is 3.14. The first-order valence-corrected chi connectivity index (χ1v) is 8.72. The minimum atomic E-state index is -0.283. The van der Waals surface area contributed by atoms with Crippen LogP contribution in [0.15, 0.2) is 47.9 Å². The number of hydrogen-bond acceptors (Lipinski definition) is 5. The number of benzene rings is 2. The first-order chi connectivity index (χ1) is 11.6. The molecule has 1 heterocycles. The maximum Gasteiger partial charge on any atom is 0.316 e. The van der Waals surface area contributed by atoms with Crippen molar-refractivity contribution in [3.05, 3.63) is 48.3 Å². The van der Waals surface area contributed by atoms with Crippen molar-refractivity contribution in [1.82, 2.24) is 14.8 Å². The number of carbonyl (C=O) groups excluding carboxylic acids is 1. The second-order valence-electron chi connectivity index (χ2n) is 5.72. The molecule has 1 aromatic heterocycles. The van der Waals surface area contributed by atoms with Crippen molar-refractivity contribution in [2.24, 2.45) is 0 Å². The zero-order valence-corrected chi connectivity index (χ0v) is 14.7. The van der Waals surface area contributed by atoms with Crippen LogP contribution in [0.4, 0.5) is 0 Å². The Balaban J connectivity index is 2.07. The number of ether oxygens (including phenoxy) is 1. The van der Waals surface area contributed by atoms with Crippen molar-refractivity contribution < 1.29 is 9.53 Å². The summed E-state index contributed by atoms with van der Waals surface area (Å²) in [6, 6.07) is 12.6. The summed E-state index contributed by atoms with van der Waals surface area (Å²) in [5, 5.41) is 11.2. The van der Waals surface area contributed by atoms with Gasteiger partial charge >= 0.3 is 5.97 Å². The van der Waals surface area contributed by atoms with Crippen LogP contribution in [0.5, 0.6) is 0 Å². The molecule has 124 valence electrons. The summed E-state index contributed by atoms with van der Waals surface area (Å²) in [5.74, 6) is 0.365. The van der Waals surface area contributed by atoms with Gasteiger partial charge in [-0.15, -0.1) is 10.2 Å². The highest BCUT2D eigenvalue weighted by atomic mass is 32.2. The number of nitrogens with zero attached hydrogens (tertiary/aromatic N) is 3. The molecule has 0 spiro atoms. The van der Waals surface area contributed by atoms with Crippen molar-refractivity contribution in [2.45, 2.75) is 24.9 Å². The fraction of sp³-hybridized carbons (Fsp3) is 0.278. The van der Waals surface area contributed by atoms with E-state index >= 15 is 0 Å². The van der Waals surface area contributed by atoms with Crippen LogP contribution >= 0.6 is 11.8 Å². The van der Waals surface area contributed by atoms with Crippen LogP contribution in [-0.2, 0) is 9.53 Å². The predicted octanol–water partition coefficient (Wildman–Crippen LogP) is 3.81. The van der Waals surface area contributed by atoms with Gasteiger partial charge in [-0.2, -0.15) is 0 Å². The van der Waals surface area contributed by atoms with E-state index in [-0.39, 0.29) is 11.7 Å². The third-order valence-corrected chi connectivity index (χ3v) is 4.80. The van der Waals surface area contributed by atoms with Crippen molar-refractivity contribution in [2.75, 3.05) is 12.9 Å². The second-order valence-corrected chi connectivity index (χ2v) is 6.67. The molecular weight excluding hydrogens is 322 g/mol. The molecule has 0 aliphatic rings. The number of hydrogen-bond donors (Lipinski definition) is 0. The van der Waals surface area contributed by atoms with Gasteiger partial charge < -0.3 is 4.74 Å². The molecule has 0 aliphatic carbocycles. The lowest BCUT2D eigenvalue weighted by Gasteiger charge is -2.15. The van der Waals surface area contributed by atoms with E-state index in [0.29, 0.717) is 11.1 Å². The lowest BCUT2D eigenvalue weighted by molar-refractivity contribution is -0.137. The molecule has 0 unspecified atom stereocenters. The highest BCUT2D eigenvalue weighted by molar-refractivity contribution is 7.99. The molecular formula is C18H19N3O2S. The Bertz CT molecular complexity index is 874. The SMILES string of the molecule is COC(=O)CSc1nncn1-c1ccc(C(C)C)c2ccccc12. The Morgan fingerprint density at radius 3 is 2.67 bits per heavy atom. The fourth-order valence-electron chi connectivity index (χ4n) is 2.69. The number of fused-ring (bicyclic) bond motifs is 1. The maximum atomic E-state index is 11.4. The summed E-state index contributed by atoms with van der Waals surface area (Å²) >= 11 is 1.32. The van der Waals surface area contributed by atoms with E-state index in [2.05, 4.69) is 59.1 Å². The third-order valence-electron chi connectivity index (χ3n) is 3.88. The molecule has 3 aromatic rings. The van der Waals surface area contributed by atoms with Crippen molar-refractivity contribution in [3.8, 4) is 5.69 Å². The molecule has 3 rings (SSSR count). The molecule has 6 heteroatoms. The average Bonchev–Trinajstić information content (AvgIpc) is 3.06. The van der Waals surface area contributed by atoms with Crippen molar-refractivity contribution in [1.29, 1.82) is 0 Å². The standard InChI is InChI=1S/C18H19N3O2S/c1-12(2)13-8-9-16(15-7-5-4-6-14(13)15)21-11-19-20-18(21)24-10-17(22)23-3/h4-9,11-12H,10H2,1-3H3. The zero-order chi connectivity index (χ0) is 17.1. The van der Waals surface area contributed by atoms with Crippen molar-refractivity contribution >= 4 is 28.5 Å². The second kappa shape index (κ2) is 7.05. The number of rotatable bonds is 5. The lowest BCUT2D eigenvalue weighted by Crippen LogP contribution is -2.05. The van der Waals surface area contributed by atoms with E-state index in [0.717, 1.165) is 11.1 Å². The molecule has 5 nitrogen and oxygen atoms in total. The monoisotopic (exact) mass is 341 g/mol. The Labute approximate surface area is 145 Å². The molecule has 0 bridgehead atoms. The molecule has 0 radical (unpaired) electrons. The van der Waals surface area contributed by atoms with E-state index < -0.39 is 0 Å². The van der Waals surface area contributed by atoms with Crippen LogP contribution in [0, 0.1) is 0 Å². The number of aromatic nitrogens is 3. The fourth-order valence-corrected chi connectivity index (χ4v) is 3.44. The van der Waals surface area contributed by atoms with Gasteiger partial charge in [-0.3, -0.25) is 9.36 Å². The van der Waals surface area contributed by atoms with Gasteiger partial charge in [-0.1, -0.05) is 55.9 Å². The Morgan fingerprint density at radius 1 is 1.21 bits per heavy atom. The minimum Gasteiger partial charge on any atom is -0.468 e. The number of thioether (sulfide) groups is 1. The molecule has 0 aliphatic heterocycles. The number of esters is 1. The average molecular weight is 341 g/mol. The van der Waals surface area contributed by atoms with Crippen LogP contribution in [0.25, 0.3) is 16.5 Å². The van der Waals surface area contributed by atoms with Gasteiger partial charge in [-0.05, 0) is 22.9 Å². The summed E-state index contributed by atoms with van der Waals surface area (Å²) in [5.41, 5.74) is 2.32. The van der Waals surface area contributed by atoms with E-state index in [1.54, 1.807) is 6.33 Å². The van der Waals surface area contributed by atoms with Gasteiger partial charge in [0, 0.05) is 5.39 Å². The molecule has 0 fully saturated rings. The zero-order valence-electron chi connectivity index (χ0n) is 13.9. The molecule has 0 atom stereocenters. The van der Waals surface area contributed by atoms with Crippen molar-refractivity contribution in [3.63, 3.8) is 0 Å². The Kier molecular flexibility index (Phi) is 4.85. The van der Waals surface area contributed by atoms with Gasteiger partial charge in [0.15, 0.2) is 5.16 Å². The highest BCUT2D eigenvalue weighted by Crippen LogP contribution is 2.31. The summed E-state index contributed by atoms with van der Waals surface area (Å²) < 4.78 is 6.61. The molecule has 0 saturated carbocycles. The van der Waals surface area contributed by atoms with Gasteiger partial charge in [0.05, 0.1) is 18.6 Å². The Hall–Kier alpha value is -2.34. The molecule has 2 aromatic carbocycles. The first-order valence-electron chi connectivity index (χ1n) is 7.73. The lowest BCUT2D eigenvalue weighted by atomic mass is 9.95. The maximum absolute atomic E-state index is 11.4. The van der Waals surface area contributed by atoms with Crippen LogP contribution < -0.4 is 0 Å². The molecule has 0 N–H and O–H groups in total. The minimum absolute atomic E-state index is 0.206. The highest BCUT2D eigenvalue weighted by Gasteiger charge is 2.14. The van der Waals surface area contributed by atoms with E-state index in [9.17, 15) is 4.79 Å².